The van der Waals surface area contributed by atoms with Gasteiger partial charge in [-0.2, -0.15) is 4.98 Å². The van der Waals surface area contributed by atoms with E-state index < -0.39 is 23.1 Å². The third kappa shape index (κ3) is 2.12. The number of benzene rings is 1. The van der Waals surface area contributed by atoms with E-state index in [2.05, 4.69) is 15.3 Å². The molecule has 0 aliphatic carbocycles. The Kier molecular flexibility index (Phi) is 2.92. The van der Waals surface area contributed by atoms with Gasteiger partial charge in [-0.25, -0.2) is 13.2 Å². The summed E-state index contributed by atoms with van der Waals surface area (Å²) in [5.41, 5.74) is 5.07. The molecular formula is C10H8F3N5. The Morgan fingerprint density at radius 2 is 1.89 bits per heavy atom. The molecule has 2 rings (SSSR count). The molecule has 18 heavy (non-hydrogen) atoms. The zero-order valence-electron chi connectivity index (χ0n) is 8.89. The first-order chi connectivity index (χ1) is 8.51. The number of hydrogen-bond donors (Lipinski definition) is 4. The van der Waals surface area contributed by atoms with E-state index in [1.807, 2.05) is 0 Å². The largest absolute Gasteiger partial charge is 0.382 e. The Labute approximate surface area is 99.4 Å². The molecule has 1 aromatic carbocycles. The van der Waals surface area contributed by atoms with Crippen LogP contribution in [0.5, 0.6) is 0 Å². The number of imidazole rings is 1. The van der Waals surface area contributed by atoms with E-state index in [1.54, 1.807) is 0 Å². The summed E-state index contributed by atoms with van der Waals surface area (Å²) in [6.45, 7) is 0. The molecule has 0 atom stereocenters. The SMILES string of the molecule is N=Cc1[nH]c(Nc2c(F)cc(F)cc2F)nc1N. The molecule has 0 aliphatic heterocycles. The summed E-state index contributed by atoms with van der Waals surface area (Å²) in [6.07, 6.45) is 0.908. The maximum atomic E-state index is 13.3. The first-order valence-corrected chi connectivity index (χ1v) is 4.78. The molecule has 2 aromatic rings. The highest BCUT2D eigenvalue weighted by molar-refractivity contribution is 5.82. The van der Waals surface area contributed by atoms with Crippen LogP contribution in [0.1, 0.15) is 5.69 Å². The Hall–Kier alpha value is -2.51. The van der Waals surface area contributed by atoms with Crippen molar-refractivity contribution >= 4 is 23.7 Å². The quantitative estimate of drug-likeness (QED) is 0.633. The van der Waals surface area contributed by atoms with E-state index in [-0.39, 0.29) is 17.5 Å². The molecule has 0 amide bonds. The number of nitrogen functional groups attached to an aromatic ring is 1. The van der Waals surface area contributed by atoms with Gasteiger partial charge in [0.15, 0.2) is 17.5 Å². The summed E-state index contributed by atoms with van der Waals surface area (Å²) in [5, 5.41) is 9.29. The van der Waals surface area contributed by atoms with Crippen molar-refractivity contribution in [3.63, 3.8) is 0 Å². The summed E-state index contributed by atoms with van der Waals surface area (Å²) >= 11 is 0. The van der Waals surface area contributed by atoms with Crippen LogP contribution in [0.4, 0.5) is 30.6 Å². The van der Waals surface area contributed by atoms with Crippen LogP contribution < -0.4 is 11.1 Å². The van der Waals surface area contributed by atoms with Crippen LogP contribution in [0.15, 0.2) is 12.1 Å². The summed E-state index contributed by atoms with van der Waals surface area (Å²) in [7, 11) is 0. The lowest BCUT2D eigenvalue weighted by atomic mass is 10.3. The zero-order valence-corrected chi connectivity index (χ0v) is 8.89. The van der Waals surface area contributed by atoms with Crippen LogP contribution in [0.2, 0.25) is 0 Å². The lowest BCUT2D eigenvalue weighted by Crippen LogP contribution is -2.00. The van der Waals surface area contributed by atoms with Crippen LogP contribution in [-0.2, 0) is 0 Å². The molecule has 1 heterocycles. The molecule has 8 heteroatoms. The molecule has 0 spiro atoms. The molecule has 0 aliphatic rings. The molecular weight excluding hydrogens is 247 g/mol. The minimum atomic E-state index is -1.10. The highest BCUT2D eigenvalue weighted by Crippen LogP contribution is 2.23. The normalized spacial score (nSPS) is 10.4. The number of nitrogens with one attached hydrogen (secondary N) is 3. The van der Waals surface area contributed by atoms with E-state index in [0.717, 1.165) is 6.21 Å². The highest BCUT2D eigenvalue weighted by Gasteiger charge is 2.14. The van der Waals surface area contributed by atoms with Crippen molar-refractivity contribution in [2.45, 2.75) is 0 Å². The molecule has 5 nitrogen and oxygen atoms in total. The molecule has 5 N–H and O–H groups in total. The summed E-state index contributed by atoms with van der Waals surface area (Å²) in [5.74, 6) is -3.25. The van der Waals surface area contributed by atoms with Gasteiger partial charge in [-0.05, 0) is 0 Å². The third-order valence-electron chi connectivity index (χ3n) is 2.16. The first kappa shape index (κ1) is 12.0. The summed E-state index contributed by atoms with van der Waals surface area (Å²) in [6, 6.07) is 1.07. The minimum absolute atomic E-state index is 0.00966. The van der Waals surface area contributed by atoms with Crippen molar-refractivity contribution in [1.29, 1.82) is 5.41 Å². The van der Waals surface area contributed by atoms with Crippen molar-refractivity contribution in [3.8, 4) is 0 Å². The number of aromatic amines is 1. The van der Waals surface area contributed by atoms with Crippen LogP contribution in [0, 0.1) is 22.9 Å². The fourth-order valence-electron chi connectivity index (χ4n) is 1.35. The van der Waals surface area contributed by atoms with Crippen LogP contribution in [0.3, 0.4) is 0 Å². The van der Waals surface area contributed by atoms with Gasteiger partial charge >= 0.3 is 0 Å². The van der Waals surface area contributed by atoms with E-state index in [9.17, 15) is 13.2 Å². The van der Waals surface area contributed by atoms with Crippen molar-refractivity contribution in [2.75, 3.05) is 11.1 Å². The molecule has 0 radical (unpaired) electrons. The standard InChI is InChI=1S/C10H8F3N5/c11-4-1-5(12)8(6(13)2-4)17-10-16-7(3-14)9(15)18-10/h1-3,14H,15H2,(H2,16,17,18). The van der Waals surface area contributed by atoms with Gasteiger partial charge in [0, 0.05) is 18.3 Å². The molecule has 0 bridgehead atoms. The summed E-state index contributed by atoms with van der Waals surface area (Å²) < 4.78 is 39.3. The average Bonchev–Trinajstić information content (AvgIpc) is 2.64. The van der Waals surface area contributed by atoms with Crippen LogP contribution in [0.25, 0.3) is 0 Å². The van der Waals surface area contributed by atoms with Gasteiger partial charge in [-0.3, -0.25) is 0 Å². The average molecular weight is 255 g/mol. The van der Waals surface area contributed by atoms with Crippen molar-refractivity contribution in [1.82, 2.24) is 9.97 Å². The van der Waals surface area contributed by atoms with Gasteiger partial charge in [-0.1, -0.05) is 0 Å². The second-order valence-electron chi connectivity index (χ2n) is 3.40. The Bertz CT molecular complexity index is 585. The third-order valence-corrected chi connectivity index (χ3v) is 2.16. The zero-order chi connectivity index (χ0) is 13.3. The van der Waals surface area contributed by atoms with Crippen LogP contribution >= 0.6 is 0 Å². The smallest absolute Gasteiger partial charge is 0.207 e. The fraction of sp³-hybridized carbons (Fsp3) is 0. The van der Waals surface area contributed by atoms with Crippen LogP contribution in [-0.4, -0.2) is 16.2 Å². The summed E-state index contributed by atoms with van der Waals surface area (Å²) in [4.78, 5) is 6.25. The minimum Gasteiger partial charge on any atom is -0.382 e. The molecule has 94 valence electrons. The monoisotopic (exact) mass is 255 g/mol. The number of anilines is 3. The molecule has 0 fully saturated rings. The first-order valence-electron chi connectivity index (χ1n) is 4.78. The number of rotatable bonds is 3. The number of hydrogen-bond acceptors (Lipinski definition) is 4. The maximum Gasteiger partial charge on any atom is 0.207 e. The predicted octanol–water partition coefficient (Wildman–Crippen LogP) is 2.15. The van der Waals surface area contributed by atoms with E-state index in [0.29, 0.717) is 12.1 Å². The number of H-pyrrole nitrogens is 1. The second kappa shape index (κ2) is 4.40. The second-order valence-corrected chi connectivity index (χ2v) is 3.40. The Morgan fingerprint density at radius 3 is 2.39 bits per heavy atom. The van der Waals surface area contributed by atoms with Gasteiger partial charge in [0.25, 0.3) is 0 Å². The van der Waals surface area contributed by atoms with Gasteiger partial charge in [-0.15, -0.1) is 0 Å². The molecule has 0 saturated carbocycles. The van der Waals surface area contributed by atoms with E-state index >= 15 is 0 Å². The van der Waals surface area contributed by atoms with Crippen molar-refractivity contribution < 1.29 is 13.2 Å². The molecule has 0 saturated heterocycles. The number of nitrogens with two attached hydrogens (primary N) is 1. The maximum absolute atomic E-state index is 13.3. The highest BCUT2D eigenvalue weighted by atomic mass is 19.1. The topological polar surface area (TPSA) is 90.6 Å². The van der Waals surface area contributed by atoms with Gasteiger partial charge in [0.1, 0.15) is 17.2 Å². The van der Waals surface area contributed by atoms with Gasteiger partial charge < -0.3 is 21.4 Å². The number of nitrogens with zero attached hydrogens (tertiary/aromatic N) is 1. The predicted molar refractivity (Wildman–Crippen MR) is 60.5 cm³/mol. The van der Waals surface area contributed by atoms with E-state index in [4.69, 9.17) is 11.1 Å². The van der Waals surface area contributed by atoms with Gasteiger partial charge in [0.2, 0.25) is 5.95 Å². The Morgan fingerprint density at radius 1 is 1.28 bits per heavy atom. The van der Waals surface area contributed by atoms with Crippen molar-refractivity contribution in [2.24, 2.45) is 0 Å². The van der Waals surface area contributed by atoms with E-state index in [1.165, 1.54) is 0 Å². The van der Waals surface area contributed by atoms with Gasteiger partial charge in [0.05, 0.1) is 0 Å². The number of aromatic nitrogens is 2. The van der Waals surface area contributed by atoms with Crippen molar-refractivity contribution in [3.05, 3.63) is 35.3 Å². The lowest BCUT2D eigenvalue weighted by molar-refractivity contribution is 0.548. The molecule has 0 unspecified atom stereocenters. The molecule has 1 aromatic heterocycles. The lowest BCUT2D eigenvalue weighted by Gasteiger charge is -2.05. The fourth-order valence-corrected chi connectivity index (χ4v) is 1.35. The Balaban J connectivity index is 2.36. The number of halogens is 3.